The summed E-state index contributed by atoms with van der Waals surface area (Å²) >= 11 is 0. The van der Waals surface area contributed by atoms with Crippen LogP contribution in [0.25, 0.3) is 0 Å². The van der Waals surface area contributed by atoms with Gasteiger partial charge < -0.3 is 9.84 Å². The monoisotopic (exact) mass is 186 g/mol. The zero-order valence-electron chi connectivity index (χ0n) is 8.03. The number of carboxylic acids is 1. The van der Waals surface area contributed by atoms with E-state index in [2.05, 4.69) is 4.74 Å². The van der Waals surface area contributed by atoms with Crippen molar-refractivity contribution in [3.05, 3.63) is 11.6 Å². The van der Waals surface area contributed by atoms with Crippen LogP contribution >= 0.6 is 0 Å². The number of allylic oxidation sites excluding steroid dienone is 1. The maximum atomic E-state index is 11.0. The van der Waals surface area contributed by atoms with Crippen molar-refractivity contribution in [1.29, 1.82) is 0 Å². The van der Waals surface area contributed by atoms with Crippen molar-refractivity contribution in [2.24, 2.45) is 5.92 Å². The first-order valence-corrected chi connectivity index (χ1v) is 4.11. The van der Waals surface area contributed by atoms with Crippen LogP contribution < -0.4 is 0 Å². The molecule has 0 aliphatic rings. The van der Waals surface area contributed by atoms with Crippen LogP contribution in [0.3, 0.4) is 0 Å². The number of carboxylic acid groups (broad SMARTS) is 1. The van der Waals surface area contributed by atoms with Crippen molar-refractivity contribution >= 4 is 11.9 Å². The fraction of sp³-hybridized carbons (Fsp3) is 0.556. The third kappa shape index (κ3) is 4.30. The van der Waals surface area contributed by atoms with E-state index >= 15 is 0 Å². The second kappa shape index (κ2) is 5.35. The highest BCUT2D eigenvalue weighted by atomic mass is 16.5. The summed E-state index contributed by atoms with van der Waals surface area (Å²) in [6.07, 6.45) is 1.38. The smallest absolute Gasteiger partial charge is 0.345 e. The van der Waals surface area contributed by atoms with E-state index < -0.39 is 11.9 Å². The zero-order valence-corrected chi connectivity index (χ0v) is 8.03. The normalized spacial score (nSPS) is 11.5. The Morgan fingerprint density at radius 1 is 1.46 bits per heavy atom. The van der Waals surface area contributed by atoms with E-state index in [4.69, 9.17) is 5.11 Å². The van der Waals surface area contributed by atoms with Gasteiger partial charge in [0.1, 0.15) is 5.57 Å². The van der Waals surface area contributed by atoms with Crippen LogP contribution in [0.4, 0.5) is 0 Å². The quantitative estimate of drug-likeness (QED) is 0.310. The van der Waals surface area contributed by atoms with Gasteiger partial charge >= 0.3 is 11.9 Å². The highest BCUT2D eigenvalue weighted by Gasteiger charge is 2.18. The molecule has 0 aromatic rings. The van der Waals surface area contributed by atoms with Crippen LogP contribution in [0.1, 0.15) is 20.8 Å². The molecule has 0 unspecified atom stereocenters. The highest BCUT2D eigenvalue weighted by molar-refractivity contribution is 6.13. The summed E-state index contributed by atoms with van der Waals surface area (Å²) in [7, 11) is 0. The minimum Gasteiger partial charge on any atom is -0.477 e. The Labute approximate surface area is 77.2 Å². The molecular formula is C9H14O4. The van der Waals surface area contributed by atoms with Crippen LogP contribution in [-0.4, -0.2) is 23.7 Å². The summed E-state index contributed by atoms with van der Waals surface area (Å²) in [6, 6.07) is 0. The molecule has 0 saturated carbocycles. The Hall–Kier alpha value is -1.32. The van der Waals surface area contributed by atoms with Gasteiger partial charge in [-0.25, -0.2) is 9.59 Å². The third-order valence-electron chi connectivity index (χ3n) is 1.23. The summed E-state index contributed by atoms with van der Waals surface area (Å²) in [5.74, 6) is -2.01. The van der Waals surface area contributed by atoms with Crippen LogP contribution in [-0.2, 0) is 14.3 Å². The van der Waals surface area contributed by atoms with Gasteiger partial charge in [-0.3, -0.25) is 0 Å². The van der Waals surface area contributed by atoms with Gasteiger partial charge in [0.2, 0.25) is 0 Å². The number of aliphatic carboxylic acids is 1. The number of esters is 1. The topological polar surface area (TPSA) is 63.6 Å². The molecule has 0 aromatic carbocycles. The van der Waals surface area contributed by atoms with Gasteiger partial charge in [-0.05, 0) is 12.8 Å². The Morgan fingerprint density at radius 2 is 2.00 bits per heavy atom. The lowest BCUT2D eigenvalue weighted by Gasteiger charge is -2.03. The second-order valence-corrected chi connectivity index (χ2v) is 2.85. The minimum absolute atomic E-state index is 0.00973. The molecule has 0 aromatic heterocycles. The number of ether oxygens (including phenoxy) is 1. The van der Waals surface area contributed by atoms with Crippen LogP contribution in [0.5, 0.6) is 0 Å². The lowest BCUT2D eigenvalue weighted by molar-refractivity contribution is -0.143. The molecule has 0 aliphatic heterocycles. The Kier molecular flexibility index (Phi) is 4.80. The molecule has 0 heterocycles. The van der Waals surface area contributed by atoms with Crippen LogP contribution in [0, 0.1) is 5.92 Å². The largest absolute Gasteiger partial charge is 0.477 e. The van der Waals surface area contributed by atoms with Crippen molar-refractivity contribution < 1.29 is 19.4 Å². The fourth-order valence-corrected chi connectivity index (χ4v) is 0.769. The van der Waals surface area contributed by atoms with Crippen molar-refractivity contribution in [3.63, 3.8) is 0 Å². The number of carbonyl (C=O) groups is 2. The standard InChI is InChI=1S/C9H14O4/c1-4-13-9(12)7(8(10)11)5-6(2)3/h5-6H,4H2,1-3H3,(H,10,11). The van der Waals surface area contributed by atoms with Gasteiger partial charge in [0.15, 0.2) is 0 Å². The lowest BCUT2D eigenvalue weighted by Crippen LogP contribution is -2.16. The number of hydrogen-bond donors (Lipinski definition) is 1. The maximum absolute atomic E-state index is 11.0. The molecule has 0 amide bonds. The molecule has 0 spiro atoms. The molecule has 0 bridgehead atoms. The highest BCUT2D eigenvalue weighted by Crippen LogP contribution is 2.04. The minimum atomic E-state index is -1.24. The number of rotatable bonds is 4. The summed E-state index contributed by atoms with van der Waals surface area (Å²) < 4.78 is 4.58. The number of carbonyl (C=O) groups excluding carboxylic acids is 1. The molecule has 1 N–H and O–H groups in total. The molecule has 4 heteroatoms. The van der Waals surface area contributed by atoms with Gasteiger partial charge in [-0.15, -0.1) is 0 Å². The van der Waals surface area contributed by atoms with Crippen molar-refractivity contribution in [3.8, 4) is 0 Å². The van der Waals surface area contributed by atoms with Crippen LogP contribution in [0.15, 0.2) is 11.6 Å². The predicted octanol–water partition coefficient (Wildman–Crippen LogP) is 1.22. The van der Waals surface area contributed by atoms with E-state index in [1.54, 1.807) is 20.8 Å². The Bertz CT molecular complexity index is 228. The van der Waals surface area contributed by atoms with E-state index in [0.29, 0.717) is 0 Å². The zero-order chi connectivity index (χ0) is 10.4. The SMILES string of the molecule is CCOC(=O)C(=CC(C)C)C(=O)O. The van der Waals surface area contributed by atoms with Crippen molar-refractivity contribution in [2.45, 2.75) is 20.8 Å². The fourth-order valence-electron chi connectivity index (χ4n) is 0.769. The average Bonchev–Trinajstić information content (AvgIpc) is 1.99. The average molecular weight is 186 g/mol. The third-order valence-corrected chi connectivity index (χ3v) is 1.23. The molecule has 0 atom stereocenters. The Morgan fingerprint density at radius 3 is 2.31 bits per heavy atom. The molecule has 74 valence electrons. The number of hydrogen-bond acceptors (Lipinski definition) is 3. The van der Waals surface area contributed by atoms with Crippen molar-refractivity contribution in [2.75, 3.05) is 6.61 Å². The summed E-state index contributed by atoms with van der Waals surface area (Å²) in [5, 5.41) is 8.65. The first kappa shape index (κ1) is 11.7. The molecule has 0 aliphatic carbocycles. The van der Waals surface area contributed by atoms with Gasteiger partial charge in [0, 0.05) is 0 Å². The van der Waals surface area contributed by atoms with E-state index in [1.807, 2.05) is 0 Å². The lowest BCUT2D eigenvalue weighted by atomic mass is 10.1. The predicted molar refractivity (Wildman–Crippen MR) is 47.2 cm³/mol. The van der Waals surface area contributed by atoms with Crippen molar-refractivity contribution in [1.82, 2.24) is 0 Å². The van der Waals surface area contributed by atoms with E-state index in [9.17, 15) is 9.59 Å². The summed E-state index contributed by atoms with van der Waals surface area (Å²) in [4.78, 5) is 21.6. The molecule has 0 rings (SSSR count). The molecule has 0 radical (unpaired) electrons. The van der Waals surface area contributed by atoms with Crippen LogP contribution in [0.2, 0.25) is 0 Å². The second-order valence-electron chi connectivity index (χ2n) is 2.85. The summed E-state index contributed by atoms with van der Waals surface area (Å²) in [5.41, 5.74) is -0.295. The summed E-state index contributed by atoms with van der Waals surface area (Å²) in [6.45, 7) is 5.40. The molecule has 0 fully saturated rings. The van der Waals surface area contributed by atoms with Gasteiger partial charge in [0.25, 0.3) is 0 Å². The molecule has 13 heavy (non-hydrogen) atoms. The maximum Gasteiger partial charge on any atom is 0.345 e. The first-order valence-electron chi connectivity index (χ1n) is 4.11. The molecular weight excluding hydrogens is 172 g/mol. The Balaban J connectivity index is 4.61. The van der Waals surface area contributed by atoms with Gasteiger partial charge in [-0.2, -0.15) is 0 Å². The molecule has 4 nitrogen and oxygen atoms in total. The first-order chi connectivity index (χ1) is 5.99. The van der Waals surface area contributed by atoms with Gasteiger partial charge in [0.05, 0.1) is 6.61 Å². The molecule has 0 saturated heterocycles. The van der Waals surface area contributed by atoms with E-state index in [-0.39, 0.29) is 18.1 Å². The van der Waals surface area contributed by atoms with Gasteiger partial charge in [-0.1, -0.05) is 19.9 Å². The van der Waals surface area contributed by atoms with E-state index in [0.717, 1.165) is 0 Å². The van der Waals surface area contributed by atoms with E-state index in [1.165, 1.54) is 6.08 Å².